The molecular weight excluding hydrogens is 294 g/mol. The molecule has 1 aliphatic heterocycles. The molecule has 126 valence electrons. The lowest BCUT2D eigenvalue weighted by molar-refractivity contribution is -0.141. The van der Waals surface area contributed by atoms with Gasteiger partial charge >= 0.3 is 0 Å². The maximum atomic E-state index is 12.5. The Balaban J connectivity index is 1.53. The fraction of sp³-hybridized carbons (Fsp3) is 0.706. The highest BCUT2D eigenvalue weighted by Crippen LogP contribution is 2.52. The van der Waals surface area contributed by atoms with E-state index in [9.17, 15) is 14.4 Å². The van der Waals surface area contributed by atoms with E-state index < -0.39 is 6.04 Å². The van der Waals surface area contributed by atoms with Gasteiger partial charge in [0, 0.05) is 13.1 Å². The molecule has 2 bridgehead atoms. The van der Waals surface area contributed by atoms with Crippen LogP contribution in [0, 0.1) is 29.6 Å². The van der Waals surface area contributed by atoms with Crippen LogP contribution in [0.3, 0.4) is 0 Å². The molecule has 1 saturated heterocycles. The summed E-state index contributed by atoms with van der Waals surface area (Å²) < 4.78 is 0. The number of fused-ring (bicyclic) bond motifs is 5. The number of nitrogens with two attached hydrogens (primary N) is 1. The van der Waals surface area contributed by atoms with Crippen LogP contribution in [0.15, 0.2) is 12.2 Å². The van der Waals surface area contributed by atoms with Gasteiger partial charge in [0.05, 0.1) is 17.9 Å². The Labute approximate surface area is 136 Å². The Morgan fingerprint density at radius 2 is 1.87 bits per heavy atom. The Morgan fingerprint density at radius 1 is 1.30 bits per heavy atom. The van der Waals surface area contributed by atoms with Gasteiger partial charge in [0.25, 0.3) is 0 Å². The number of carbonyl (C=O) groups excluding carboxylic acids is 3. The molecule has 0 aromatic heterocycles. The molecule has 3 aliphatic rings. The lowest BCUT2D eigenvalue weighted by Crippen LogP contribution is -2.47. The molecule has 1 saturated carbocycles. The fourth-order valence-electron chi connectivity index (χ4n) is 4.11. The largest absolute Gasteiger partial charge is 0.353 e. The van der Waals surface area contributed by atoms with Gasteiger partial charge in [-0.15, -0.1) is 0 Å². The molecule has 6 unspecified atom stereocenters. The van der Waals surface area contributed by atoms with Crippen LogP contribution < -0.4 is 11.1 Å². The average Bonchev–Trinajstić information content (AvgIpc) is 3.22. The van der Waals surface area contributed by atoms with E-state index in [0.717, 1.165) is 12.8 Å². The van der Waals surface area contributed by atoms with Gasteiger partial charge in [-0.2, -0.15) is 0 Å². The van der Waals surface area contributed by atoms with Gasteiger partial charge in [-0.3, -0.25) is 19.3 Å². The standard InChI is InChI=1S/C17H25N3O3/c1-3-9(2)14(18)15(21)19-6-7-20-16(22)12-10-4-5-11(8-10)13(12)17(20)23/h4-5,9-14H,3,6-8,18H2,1-2H3,(H,19,21). The summed E-state index contributed by atoms with van der Waals surface area (Å²) in [6, 6.07) is -0.551. The predicted molar refractivity (Wildman–Crippen MR) is 84.9 cm³/mol. The van der Waals surface area contributed by atoms with E-state index in [4.69, 9.17) is 5.73 Å². The van der Waals surface area contributed by atoms with Gasteiger partial charge in [0.2, 0.25) is 17.7 Å². The number of rotatable bonds is 6. The predicted octanol–water partition coefficient (Wildman–Crippen LogP) is 0.283. The molecule has 2 fully saturated rings. The number of carbonyl (C=O) groups is 3. The summed E-state index contributed by atoms with van der Waals surface area (Å²) in [5, 5.41) is 2.74. The zero-order chi connectivity index (χ0) is 16.7. The molecule has 3 amide bonds. The second kappa shape index (κ2) is 6.07. The minimum atomic E-state index is -0.551. The fourth-order valence-corrected chi connectivity index (χ4v) is 4.11. The number of hydrogen-bond acceptors (Lipinski definition) is 4. The molecule has 0 aromatic rings. The van der Waals surface area contributed by atoms with Crippen LogP contribution >= 0.6 is 0 Å². The van der Waals surface area contributed by atoms with E-state index in [-0.39, 0.29) is 60.4 Å². The molecule has 3 rings (SSSR count). The van der Waals surface area contributed by atoms with Crippen molar-refractivity contribution in [1.82, 2.24) is 10.2 Å². The lowest BCUT2D eigenvalue weighted by Gasteiger charge is -2.20. The maximum absolute atomic E-state index is 12.5. The SMILES string of the molecule is CCC(C)C(N)C(=O)NCCN1C(=O)C2C3C=CC(C3)C2C1=O. The van der Waals surface area contributed by atoms with Gasteiger partial charge in [-0.05, 0) is 24.2 Å². The van der Waals surface area contributed by atoms with Crippen LogP contribution in [-0.4, -0.2) is 41.8 Å². The smallest absolute Gasteiger partial charge is 0.237 e. The number of nitrogens with zero attached hydrogens (tertiary/aromatic N) is 1. The van der Waals surface area contributed by atoms with Crippen LogP contribution in [0.5, 0.6) is 0 Å². The van der Waals surface area contributed by atoms with Gasteiger partial charge in [0.1, 0.15) is 0 Å². The van der Waals surface area contributed by atoms with E-state index in [1.807, 2.05) is 13.8 Å². The molecule has 1 heterocycles. The van der Waals surface area contributed by atoms with Crippen LogP contribution in [0.25, 0.3) is 0 Å². The molecular formula is C17H25N3O3. The summed E-state index contributed by atoms with van der Waals surface area (Å²) >= 11 is 0. The summed E-state index contributed by atoms with van der Waals surface area (Å²) in [4.78, 5) is 38.3. The van der Waals surface area contributed by atoms with Gasteiger partial charge < -0.3 is 11.1 Å². The molecule has 0 spiro atoms. The lowest BCUT2D eigenvalue weighted by atomic mass is 9.85. The minimum absolute atomic E-state index is 0.0719. The number of nitrogens with one attached hydrogen (secondary N) is 1. The number of allylic oxidation sites excluding steroid dienone is 2. The molecule has 6 heteroatoms. The summed E-state index contributed by atoms with van der Waals surface area (Å²) in [5.41, 5.74) is 5.87. The zero-order valence-corrected chi connectivity index (χ0v) is 13.7. The Hall–Kier alpha value is -1.69. The summed E-state index contributed by atoms with van der Waals surface area (Å²) in [6.45, 7) is 4.42. The van der Waals surface area contributed by atoms with Gasteiger partial charge in [0.15, 0.2) is 0 Å². The summed E-state index contributed by atoms with van der Waals surface area (Å²) in [5.74, 6) is -0.160. The van der Waals surface area contributed by atoms with Gasteiger partial charge in [-0.25, -0.2) is 0 Å². The van der Waals surface area contributed by atoms with Crippen molar-refractivity contribution in [2.45, 2.75) is 32.7 Å². The van der Waals surface area contributed by atoms with Crippen molar-refractivity contribution in [3.05, 3.63) is 12.2 Å². The highest BCUT2D eigenvalue weighted by Gasteiger charge is 2.58. The van der Waals surface area contributed by atoms with Crippen molar-refractivity contribution in [3.63, 3.8) is 0 Å². The van der Waals surface area contributed by atoms with Crippen molar-refractivity contribution in [2.24, 2.45) is 35.3 Å². The van der Waals surface area contributed by atoms with Crippen LogP contribution in [0.2, 0.25) is 0 Å². The van der Waals surface area contributed by atoms with E-state index >= 15 is 0 Å². The normalized spacial score (nSPS) is 34.0. The highest BCUT2D eigenvalue weighted by atomic mass is 16.2. The molecule has 3 N–H and O–H groups in total. The summed E-state index contributed by atoms with van der Waals surface area (Å²) in [6.07, 6.45) is 5.92. The first-order chi connectivity index (χ1) is 11.0. The topological polar surface area (TPSA) is 92.5 Å². The first kappa shape index (κ1) is 16.2. The van der Waals surface area contributed by atoms with Crippen LogP contribution in [-0.2, 0) is 14.4 Å². The van der Waals surface area contributed by atoms with E-state index in [1.54, 1.807) is 0 Å². The third-order valence-corrected chi connectivity index (χ3v) is 5.76. The van der Waals surface area contributed by atoms with Crippen molar-refractivity contribution in [3.8, 4) is 0 Å². The first-order valence-corrected chi connectivity index (χ1v) is 8.52. The molecule has 0 radical (unpaired) electrons. The summed E-state index contributed by atoms with van der Waals surface area (Å²) in [7, 11) is 0. The van der Waals surface area contributed by atoms with E-state index in [1.165, 1.54) is 4.90 Å². The quantitative estimate of drug-likeness (QED) is 0.543. The van der Waals surface area contributed by atoms with Crippen LogP contribution in [0.1, 0.15) is 26.7 Å². The number of hydrogen-bond donors (Lipinski definition) is 2. The Bertz CT molecular complexity index is 529. The molecule has 6 nitrogen and oxygen atoms in total. The monoisotopic (exact) mass is 319 g/mol. The third kappa shape index (κ3) is 2.59. The van der Waals surface area contributed by atoms with Crippen LogP contribution in [0.4, 0.5) is 0 Å². The molecule has 2 aliphatic carbocycles. The first-order valence-electron chi connectivity index (χ1n) is 8.52. The Morgan fingerprint density at radius 3 is 2.39 bits per heavy atom. The average molecular weight is 319 g/mol. The van der Waals surface area contributed by atoms with E-state index in [2.05, 4.69) is 17.5 Å². The minimum Gasteiger partial charge on any atom is -0.353 e. The number of imide groups is 1. The second-order valence-electron chi connectivity index (χ2n) is 7.03. The Kier molecular flexibility index (Phi) is 4.27. The van der Waals surface area contributed by atoms with E-state index in [0.29, 0.717) is 0 Å². The van der Waals surface area contributed by atoms with Crippen molar-refractivity contribution >= 4 is 17.7 Å². The number of likely N-dealkylation sites (tertiary alicyclic amines) is 1. The maximum Gasteiger partial charge on any atom is 0.237 e. The molecule has 23 heavy (non-hydrogen) atoms. The van der Waals surface area contributed by atoms with Crippen molar-refractivity contribution < 1.29 is 14.4 Å². The second-order valence-corrected chi connectivity index (χ2v) is 7.03. The zero-order valence-electron chi connectivity index (χ0n) is 13.7. The molecule has 6 atom stereocenters. The highest BCUT2D eigenvalue weighted by molar-refractivity contribution is 6.06. The van der Waals surface area contributed by atoms with Crippen molar-refractivity contribution in [2.75, 3.05) is 13.1 Å². The number of amides is 3. The molecule has 0 aromatic carbocycles. The third-order valence-electron chi connectivity index (χ3n) is 5.76. The van der Waals surface area contributed by atoms with Gasteiger partial charge in [-0.1, -0.05) is 32.4 Å². The van der Waals surface area contributed by atoms with Crippen molar-refractivity contribution in [1.29, 1.82) is 0 Å².